The number of carbonyl (C=O) groups excluding carboxylic acids is 2. The molecule has 32 heavy (non-hydrogen) atoms. The number of nitriles is 1. The molecule has 0 saturated carbocycles. The van der Waals surface area contributed by atoms with E-state index in [9.17, 15) is 14.9 Å². The molecular weight excluding hydrogens is 400 g/mol. The minimum absolute atomic E-state index is 0.0371. The fourth-order valence-electron chi connectivity index (χ4n) is 5.25. The van der Waals surface area contributed by atoms with E-state index in [1.807, 2.05) is 36.4 Å². The topological polar surface area (TPSA) is 90.4 Å². The van der Waals surface area contributed by atoms with E-state index in [4.69, 9.17) is 12.2 Å². The van der Waals surface area contributed by atoms with E-state index in [-0.39, 0.29) is 23.7 Å². The minimum Gasteiger partial charge on any atom is -0.384 e. The summed E-state index contributed by atoms with van der Waals surface area (Å²) in [4.78, 5) is 30.8. The van der Waals surface area contributed by atoms with Gasteiger partial charge in [0.05, 0.1) is 12.1 Å². The van der Waals surface area contributed by atoms with E-state index in [2.05, 4.69) is 12.0 Å². The summed E-state index contributed by atoms with van der Waals surface area (Å²) in [5.41, 5.74) is 8.07. The molecule has 0 radical (unpaired) electrons. The van der Waals surface area contributed by atoms with Crippen molar-refractivity contribution in [2.45, 2.75) is 24.7 Å². The summed E-state index contributed by atoms with van der Waals surface area (Å²) >= 11 is 0. The van der Waals surface area contributed by atoms with Gasteiger partial charge in [-0.25, -0.2) is 0 Å². The normalized spacial score (nSPS) is 22.1. The molecule has 0 bridgehead atoms. The van der Waals surface area contributed by atoms with Crippen molar-refractivity contribution in [3.8, 4) is 18.4 Å². The number of anilines is 2. The van der Waals surface area contributed by atoms with Gasteiger partial charge in [-0.05, 0) is 31.0 Å². The summed E-state index contributed by atoms with van der Waals surface area (Å²) in [5.74, 6) is 2.16. The monoisotopic (exact) mass is 420 g/mol. The third kappa shape index (κ3) is 2.35. The number of nitrogens with zero attached hydrogens (tertiary/aromatic N) is 3. The van der Waals surface area contributed by atoms with Crippen molar-refractivity contribution >= 4 is 23.1 Å². The van der Waals surface area contributed by atoms with Gasteiger partial charge < -0.3 is 5.73 Å². The number of allylic oxidation sites excluding steroid dienone is 1. The number of Topliss-reactive ketones (excluding diaryl/α,β-unsaturated/α-hetero) is 1. The lowest BCUT2D eigenvalue weighted by Gasteiger charge is -2.43. The Labute approximate surface area is 186 Å². The van der Waals surface area contributed by atoms with Crippen LogP contribution in [0.1, 0.15) is 24.8 Å². The summed E-state index contributed by atoms with van der Waals surface area (Å²) < 4.78 is 0. The first-order valence-corrected chi connectivity index (χ1v) is 10.4. The van der Waals surface area contributed by atoms with Crippen LogP contribution in [0, 0.1) is 23.7 Å². The van der Waals surface area contributed by atoms with E-state index in [1.54, 1.807) is 23.1 Å². The van der Waals surface area contributed by atoms with Gasteiger partial charge in [-0.2, -0.15) is 5.26 Å². The van der Waals surface area contributed by atoms with E-state index >= 15 is 0 Å². The van der Waals surface area contributed by atoms with Crippen LogP contribution in [0.4, 0.5) is 11.4 Å². The third-order valence-corrected chi connectivity index (χ3v) is 6.44. The molecule has 3 aliphatic rings. The first-order chi connectivity index (χ1) is 15.6. The second-order valence-corrected chi connectivity index (χ2v) is 8.00. The summed E-state index contributed by atoms with van der Waals surface area (Å²) in [7, 11) is 0. The van der Waals surface area contributed by atoms with Gasteiger partial charge in [0.2, 0.25) is 5.91 Å². The standard InChI is InChI=1S/C26H20N4O2/c1-2-15-29-20-12-7-6-11-18(20)26(25(29)32)19(16-27)24(28)30(17-9-4-3-5-10-17)21-13-8-14-22(31)23(21)26/h1,3-7,9-12H,8,13-15,28H2/t26-/m0/s1. The number of hydrogen-bond acceptors (Lipinski definition) is 5. The number of fused-ring (bicyclic) bond motifs is 3. The highest BCUT2D eigenvalue weighted by atomic mass is 16.2. The van der Waals surface area contributed by atoms with Crippen molar-refractivity contribution < 1.29 is 9.59 Å². The zero-order chi connectivity index (χ0) is 22.5. The fourth-order valence-corrected chi connectivity index (χ4v) is 5.25. The molecule has 1 amide bonds. The van der Waals surface area contributed by atoms with E-state index < -0.39 is 11.3 Å². The first-order valence-electron chi connectivity index (χ1n) is 10.4. The number of terminal acetylenes is 1. The second kappa shape index (κ2) is 7.14. The van der Waals surface area contributed by atoms with Gasteiger partial charge in [-0.1, -0.05) is 42.3 Å². The molecular formula is C26H20N4O2. The zero-order valence-corrected chi connectivity index (χ0v) is 17.3. The Morgan fingerprint density at radius 1 is 1.06 bits per heavy atom. The molecule has 0 fully saturated rings. The lowest BCUT2D eigenvalue weighted by Crippen LogP contribution is -2.52. The van der Waals surface area contributed by atoms with Crippen molar-refractivity contribution in [1.82, 2.24) is 0 Å². The van der Waals surface area contributed by atoms with Crippen molar-refractivity contribution in [1.29, 1.82) is 5.26 Å². The number of rotatable bonds is 2. The Kier molecular flexibility index (Phi) is 4.39. The minimum atomic E-state index is -1.58. The Morgan fingerprint density at radius 2 is 1.78 bits per heavy atom. The predicted octanol–water partition coefficient (Wildman–Crippen LogP) is 3.13. The molecule has 156 valence electrons. The molecule has 2 N–H and O–H groups in total. The van der Waals surface area contributed by atoms with E-state index in [1.165, 1.54) is 4.90 Å². The van der Waals surface area contributed by atoms with Crippen LogP contribution in [0.15, 0.2) is 77.3 Å². The predicted molar refractivity (Wildman–Crippen MR) is 121 cm³/mol. The zero-order valence-electron chi connectivity index (χ0n) is 17.3. The average molecular weight is 420 g/mol. The van der Waals surface area contributed by atoms with Crippen LogP contribution >= 0.6 is 0 Å². The summed E-state index contributed by atoms with van der Waals surface area (Å²) in [5, 5.41) is 10.3. The van der Waals surface area contributed by atoms with Gasteiger partial charge in [0.25, 0.3) is 0 Å². The third-order valence-electron chi connectivity index (χ3n) is 6.44. The lowest BCUT2D eigenvalue weighted by molar-refractivity contribution is -0.124. The van der Waals surface area contributed by atoms with Gasteiger partial charge in [-0.15, -0.1) is 6.42 Å². The van der Waals surface area contributed by atoms with Crippen LogP contribution in [0.2, 0.25) is 0 Å². The summed E-state index contributed by atoms with van der Waals surface area (Å²) in [6.45, 7) is 0.0371. The van der Waals surface area contributed by atoms with Gasteiger partial charge in [0, 0.05) is 34.6 Å². The average Bonchev–Trinajstić information content (AvgIpc) is 3.04. The van der Waals surface area contributed by atoms with Crippen molar-refractivity contribution in [2.24, 2.45) is 5.73 Å². The Morgan fingerprint density at radius 3 is 2.50 bits per heavy atom. The molecule has 6 heteroatoms. The Bertz CT molecular complexity index is 1310. The molecule has 2 heterocycles. The molecule has 2 aliphatic heterocycles. The number of hydrogen-bond donors (Lipinski definition) is 1. The highest BCUT2D eigenvalue weighted by Crippen LogP contribution is 2.56. The SMILES string of the molecule is C#CCN1C(=O)[C@]2(C(C#N)=C(N)N(c3ccccc3)C3=C2C(=O)CCC3)c2ccccc21. The number of amides is 1. The quantitative estimate of drug-likeness (QED) is 0.754. The molecule has 1 aliphatic carbocycles. The van der Waals surface area contributed by atoms with E-state index in [0.717, 1.165) is 5.69 Å². The summed E-state index contributed by atoms with van der Waals surface area (Å²) in [6.07, 6.45) is 7.10. The number of ketones is 1. The lowest BCUT2D eigenvalue weighted by atomic mass is 9.64. The largest absolute Gasteiger partial charge is 0.384 e. The van der Waals surface area contributed by atoms with Crippen molar-refractivity contribution in [3.05, 3.63) is 82.8 Å². The van der Waals surface area contributed by atoms with Crippen LogP contribution in [-0.4, -0.2) is 18.2 Å². The number of para-hydroxylation sites is 2. The van der Waals surface area contributed by atoms with Crippen molar-refractivity contribution in [3.63, 3.8) is 0 Å². The fraction of sp³-hybridized carbons (Fsp3) is 0.192. The maximum Gasteiger partial charge on any atom is 0.248 e. The molecule has 1 spiro atoms. The van der Waals surface area contributed by atoms with Crippen LogP contribution in [0.25, 0.3) is 0 Å². The summed E-state index contributed by atoms with van der Waals surface area (Å²) in [6, 6.07) is 18.8. The van der Waals surface area contributed by atoms with Crippen LogP contribution in [-0.2, 0) is 15.0 Å². The molecule has 0 aromatic heterocycles. The van der Waals surface area contributed by atoms with Gasteiger partial charge in [-0.3, -0.25) is 19.4 Å². The highest BCUT2D eigenvalue weighted by Gasteiger charge is 2.62. The van der Waals surface area contributed by atoms with E-state index in [0.29, 0.717) is 41.8 Å². The van der Waals surface area contributed by atoms with Crippen LogP contribution < -0.4 is 15.5 Å². The number of carbonyl (C=O) groups is 2. The van der Waals surface area contributed by atoms with Crippen LogP contribution in [0.3, 0.4) is 0 Å². The maximum absolute atomic E-state index is 14.1. The molecule has 1 atom stereocenters. The number of benzene rings is 2. The number of nitrogens with two attached hydrogens (primary N) is 1. The smallest absolute Gasteiger partial charge is 0.248 e. The Hall–Kier alpha value is -4.29. The molecule has 2 aromatic rings. The van der Waals surface area contributed by atoms with Crippen molar-refractivity contribution in [2.75, 3.05) is 16.3 Å². The Balaban J connectivity index is 1.90. The van der Waals surface area contributed by atoms with Gasteiger partial charge >= 0.3 is 0 Å². The van der Waals surface area contributed by atoms with Gasteiger partial charge in [0.15, 0.2) is 5.78 Å². The second-order valence-electron chi connectivity index (χ2n) is 8.00. The first kappa shape index (κ1) is 19.7. The molecule has 5 rings (SSSR count). The van der Waals surface area contributed by atoms with Crippen LogP contribution in [0.5, 0.6) is 0 Å². The van der Waals surface area contributed by atoms with Gasteiger partial charge in [0.1, 0.15) is 17.3 Å². The molecule has 6 nitrogen and oxygen atoms in total. The molecule has 0 saturated heterocycles. The highest BCUT2D eigenvalue weighted by molar-refractivity contribution is 6.20. The maximum atomic E-state index is 14.1. The molecule has 2 aromatic carbocycles. The molecule has 0 unspecified atom stereocenters.